The lowest BCUT2D eigenvalue weighted by molar-refractivity contribution is 0.318. The van der Waals surface area contributed by atoms with Crippen LogP contribution in [0.3, 0.4) is 0 Å². The van der Waals surface area contributed by atoms with Crippen LogP contribution in [0.15, 0.2) is 41.6 Å². The lowest BCUT2D eigenvalue weighted by Gasteiger charge is -2.11. The first-order valence-electron chi connectivity index (χ1n) is 5.41. The molecule has 4 nitrogen and oxygen atoms in total. The predicted octanol–water partition coefficient (Wildman–Crippen LogP) is 3.51. The van der Waals surface area contributed by atoms with E-state index >= 15 is 0 Å². The minimum atomic E-state index is -0.744. The first-order chi connectivity index (χ1) is 9.51. The summed E-state index contributed by atoms with van der Waals surface area (Å²) in [6.45, 7) is 0. The molecule has 3 N–H and O–H groups in total. The number of amidine groups is 1. The summed E-state index contributed by atoms with van der Waals surface area (Å²) in [5.41, 5.74) is 5.64. The zero-order valence-corrected chi connectivity index (χ0v) is 10.7. The second-order valence-electron chi connectivity index (χ2n) is 3.80. The molecule has 0 unspecified atom stereocenters. The highest BCUT2D eigenvalue weighted by Crippen LogP contribution is 2.29. The van der Waals surface area contributed by atoms with Crippen molar-refractivity contribution in [2.24, 2.45) is 10.9 Å². The molecule has 104 valence electrons. The van der Waals surface area contributed by atoms with Crippen molar-refractivity contribution in [1.82, 2.24) is 0 Å². The van der Waals surface area contributed by atoms with Crippen molar-refractivity contribution in [2.75, 3.05) is 0 Å². The highest BCUT2D eigenvalue weighted by molar-refractivity contribution is 6.31. The fraction of sp³-hybridized carbons (Fsp3) is 0. The van der Waals surface area contributed by atoms with Crippen molar-refractivity contribution in [2.45, 2.75) is 0 Å². The normalized spacial score (nSPS) is 11.4. The van der Waals surface area contributed by atoms with Crippen molar-refractivity contribution < 1.29 is 18.7 Å². The molecule has 2 rings (SSSR count). The van der Waals surface area contributed by atoms with Crippen molar-refractivity contribution >= 4 is 17.4 Å². The van der Waals surface area contributed by atoms with Gasteiger partial charge in [0.05, 0.1) is 5.56 Å². The van der Waals surface area contributed by atoms with Crippen LogP contribution in [0.2, 0.25) is 5.02 Å². The highest BCUT2D eigenvalue weighted by atomic mass is 35.5. The molecule has 0 atom stereocenters. The fourth-order valence-corrected chi connectivity index (χ4v) is 1.69. The molecule has 2 aromatic carbocycles. The van der Waals surface area contributed by atoms with Crippen LogP contribution in [0.5, 0.6) is 11.5 Å². The van der Waals surface area contributed by atoms with Gasteiger partial charge in [-0.1, -0.05) is 16.8 Å². The molecule has 0 fully saturated rings. The van der Waals surface area contributed by atoms with E-state index < -0.39 is 11.6 Å². The number of halogens is 3. The molecule has 7 heteroatoms. The van der Waals surface area contributed by atoms with Crippen molar-refractivity contribution in [3.8, 4) is 11.5 Å². The zero-order valence-electron chi connectivity index (χ0n) is 9.98. The lowest BCUT2D eigenvalue weighted by Crippen LogP contribution is -2.14. The number of rotatable bonds is 3. The molecular formula is C13H9ClF2N2O2. The third-order valence-corrected chi connectivity index (χ3v) is 2.67. The Balaban J connectivity index is 2.46. The fourth-order valence-electron chi connectivity index (χ4n) is 1.52. The molecule has 0 aliphatic rings. The SMILES string of the molecule is NC(=NO)c1cc(Cl)ccc1Oc1cc(F)ccc1F. The van der Waals surface area contributed by atoms with Crippen LogP contribution in [0.4, 0.5) is 8.78 Å². The largest absolute Gasteiger partial charge is 0.453 e. The average molecular weight is 299 g/mol. The van der Waals surface area contributed by atoms with E-state index in [2.05, 4.69) is 5.16 Å². The number of nitrogens with two attached hydrogens (primary N) is 1. The van der Waals surface area contributed by atoms with Crippen LogP contribution in [0.1, 0.15) is 5.56 Å². The van der Waals surface area contributed by atoms with Gasteiger partial charge in [-0.25, -0.2) is 8.78 Å². The maximum absolute atomic E-state index is 13.5. The van der Waals surface area contributed by atoms with Gasteiger partial charge in [0.15, 0.2) is 17.4 Å². The van der Waals surface area contributed by atoms with E-state index in [1.165, 1.54) is 18.2 Å². The first-order valence-corrected chi connectivity index (χ1v) is 5.79. The van der Waals surface area contributed by atoms with Gasteiger partial charge in [-0.15, -0.1) is 0 Å². The van der Waals surface area contributed by atoms with Gasteiger partial charge in [0.1, 0.15) is 11.6 Å². The summed E-state index contributed by atoms with van der Waals surface area (Å²) in [6.07, 6.45) is 0. The summed E-state index contributed by atoms with van der Waals surface area (Å²) in [5, 5.41) is 11.8. The van der Waals surface area contributed by atoms with Crippen LogP contribution >= 0.6 is 11.6 Å². The van der Waals surface area contributed by atoms with E-state index in [1.807, 2.05) is 0 Å². The van der Waals surface area contributed by atoms with Crippen LogP contribution < -0.4 is 10.5 Å². The summed E-state index contributed by atoms with van der Waals surface area (Å²) in [4.78, 5) is 0. The Morgan fingerprint density at radius 1 is 1.15 bits per heavy atom. The van der Waals surface area contributed by atoms with Gasteiger partial charge < -0.3 is 15.7 Å². The Bertz CT molecular complexity index is 677. The Labute approximate surface area is 118 Å². The number of ether oxygens (including phenoxy) is 1. The van der Waals surface area contributed by atoms with E-state index in [-0.39, 0.29) is 22.9 Å². The van der Waals surface area contributed by atoms with E-state index in [1.54, 1.807) is 0 Å². The molecule has 0 aromatic heterocycles. The Morgan fingerprint density at radius 2 is 1.90 bits per heavy atom. The average Bonchev–Trinajstić information content (AvgIpc) is 2.43. The predicted molar refractivity (Wildman–Crippen MR) is 70.4 cm³/mol. The van der Waals surface area contributed by atoms with Gasteiger partial charge in [-0.05, 0) is 30.3 Å². The van der Waals surface area contributed by atoms with Crippen LogP contribution in [0, 0.1) is 11.6 Å². The molecule has 0 saturated heterocycles. The third kappa shape index (κ3) is 2.97. The Hall–Kier alpha value is -2.34. The quantitative estimate of drug-likeness (QED) is 0.394. The monoisotopic (exact) mass is 298 g/mol. The van der Waals surface area contributed by atoms with E-state index in [4.69, 9.17) is 27.3 Å². The molecule has 0 aliphatic heterocycles. The molecule has 0 aliphatic carbocycles. The number of oxime groups is 1. The molecule has 20 heavy (non-hydrogen) atoms. The minimum Gasteiger partial charge on any atom is -0.453 e. The molecule has 0 bridgehead atoms. The molecule has 0 amide bonds. The summed E-state index contributed by atoms with van der Waals surface area (Å²) in [6, 6.07) is 7.05. The van der Waals surface area contributed by atoms with Gasteiger partial charge in [0.25, 0.3) is 0 Å². The number of hydrogen-bond acceptors (Lipinski definition) is 3. The Kier molecular flexibility index (Phi) is 4.05. The molecular weight excluding hydrogens is 290 g/mol. The molecule has 0 radical (unpaired) electrons. The second-order valence-corrected chi connectivity index (χ2v) is 4.24. The molecule has 0 spiro atoms. The van der Waals surface area contributed by atoms with Gasteiger partial charge >= 0.3 is 0 Å². The number of hydrogen-bond donors (Lipinski definition) is 2. The van der Waals surface area contributed by atoms with Crippen molar-refractivity contribution in [3.05, 3.63) is 58.6 Å². The maximum Gasteiger partial charge on any atom is 0.173 e. The minimum absolute atomic E-state index is 0.0780. The molecule has 0 saturated carbocycles. The summed E-state index contributed by atoms with van der Waals surface area (Å²) in [7, 11) is 0. The maximum atomic E-state index is 13.5. The molecule has 2 aromatic rings. The van der Waals surface area contributed by atoms with Crippen molar-refractivity contribution in [3.63, 3.8) is 0 Å². The van der Waals surface area contributed by atoms with Crippen molar-refractivity contribution in [1.29, 1.82) is 0 Å². The van der Waals surface area contributed by atoms with Gasteiger partial charge in [0, 0.05) is 11.1 Å². The van der Waals surface area contributed by atoms with E-state index in [0.29, 0.717) is 5.02 Å². The summed E-state index contributed by atoms with van der Waals surface area (Å²) in [5.74, 6) is -1.90. The smallest absolute Gasteiger partial charge is 0.173 e. The van der Waals surface area contributed by atoms with E-state index in [0.717, 1.165) is 18.2 Å². The summed E-state index contributed by atoms with van der Waals surface area (Å²) >= 11 is 5.80. The van der Waals surface area contributed by atoms with Crippen LogP contribution in [-0.4, -0.2) is 11.0 Å². The standard InChI is InChI=1S/C13H9ClF2N2O2/c14-7-1-4-11(9(5-7)13(17)18-19)20-12-6-8(15)2-3-10(12)16/h1-6,19H,(H2,17,18). The zero-order chi connectivity index (χ0) is 14.7. The lowest BCUT2D eigenvalue weighted by atomic mass is 10.2. The third-order valence-electron chi connectivity index (χ3n) is 2.44. The van der Waals surface area contributed by atoms with Gasteiger partial charge in [-0.3, -0.25) is 0 Å². The van der Waals surface area contributed by atoms with E-state index in [9.17, 15) is 8.78 Å². The molecule has 0 heterocycles. The van der Waals surface area contributed by atoms with Gasteiger partial charge in [-0.2, -0.15) is 0 Å². The van der Waals surface area contributed by atoms with Crippen LogP contribution in [0.25, 0.3) is 0 Å². The summed E-state index contributed by atoms with van der Waals surface area (Å²) < 4.78 is 31.9. The Morgan fingerprint density at radius 3 is 2.60 bits per heavy atom. The number of benzene rings is 2. The highest BCUT2D eigenvalue weighted by Gasteiger charge is 2.13. The van der Waals surface area contributed by atoms with Gasteiger partial charge in [0.2, 0.25) is 0 Å². The second kappa shape index (κ2) is 5.75. The number of nitrogens with zero attached hydrogens (tertiary/aromatic N) is 1. The van der Waals surface area contributed by atoms with Crippen LogP contribution in [-0.2, 0) is 0 Å². The topological polar surface area (TPSA) is 67.8 Å². The first kappa shape index (κ1) is 14.1.